The van der Waals surface area contributed by atoms with Crippen molar-refractivity contribution in [1.29, 1.82) is 0 Å². The Bertz CT molecular complexity index is 1740. The Morgan fingerprint density at radius 2 is 1.62 bits per heavy atom. The van der Waals surface area contributed by atoms with Crippen molar-refractivity contribution in [2.24, 2.45) is 0 Å². The first kappa shape index (κ1) is 22.7. The normalized spacial score (nSPS) is 11.0. The smallest absolute Gasteiger partial charge is 0.161 e. The molecular weight excluding hydrogens is 486 g/mol. The van der Waals surface area contributed by atoms with Crippen LogP contribution < -0.4 is 14.8 Å². The van der Waals surface area contributed by atoms with Gasteiger partial charge in [-0.05, 0) is 36.4 Å². The molecule has 0 unspecified atom stereocenters. The summed E-state index contributed by atoms with van der Waals surface area (Å²) in [5.74, 6) is 2.59. The van der Waals surface area contributed by atoms with E-state index in [-0.39, 0.29) is 0 Å². The number of nitrogens with one attached hydrogen (secondary N) is 1. The van der Waals surface area contributed by atoms with E-state index in [9.17, 15) is 0 Å². The van der Waals surface area contributed by atoms with Crippen molar-refractivity contribution >= 4 is 44.9 Å². The monoisotopic (exact) mass is 505 g/mol. The van der Waals surface area contributed by atoms with E-state index in [4.69, 9.17) is 21.1 Å². The number of fused-ring (bicyclic) bond motifs is 2. The van der Waals surface area contributed by atoms with E-state index in [0.29, 0.717) is 39.1 Å². The number of hydrogen-bond donors (Lipinski definition) is 1. The molecule has 0 aliphatic rings. The number of hydrogen-bond acceptors (Lipinski definition) is 7. The first-order valence-corrected chi connectivity index (χ1v) is 11.9. The van der Waals surface area contributed by atoms with Crippen molar-refractivity contribution in [1.82, 2.24) is 20.2 Å². The number of anilines is 2. The number of ether oxygens (including phenoxy) is 2. The van der Waals surface area contributed by atoms with Crippen molar-refractivity contribution < 1.29 is 9.47 Å². The van der Waals surface area contributed by atoms with Gasteiger partial charge in [-0.25, -0.2) is 4.98 Å². The lowest BCUT2D eigenvalue weighted by molar-refractivity contribution is 0.413. The summed E-state index contributed by atoms with van der Waals surface area (Å²) >= 11 is 6.21. The molecule has 0 amide bonds. The van der Waals surface area contributed by atoms with Crippen LogP contribution in [0, 0.1) is 0 Å². The lowest BCUT2D eigenvalue weighted by Gasteiger charge is -2.12. The summed E-state index contributed by atoms with van der Waals surface area (Å²) in [6.07, 6.45) is 3.33. The zero-order valence-electron chi connectivity index (χ0n) is 19.7. The van der Waals surface area contributed by atoms with Crippen LogP contribution in [0.2, 0.25) is 5.02 Å². The summed E-state index contributed by atoms with van der Waals surface area (Å²) in [5.41, 5.74) is 3.91. The largest absolute Gasteiger partial charge is 0.495 e. The van der Waals surface area contributed by atoms with Crippen LogP contribution in [-0.2, 0) is 0 Å². The first-order chi connectivity index (χ1) is 18.2. The highest BCUT2D eigenvalue weighted by Crippen LogP contribution is 2.33. The Labute approximate surface area is 217 Å². The molecule has 0 bridgehead atoms. The van der Waals surface area contributed by atoms with Crippen molar-refractivity contribution in [3.8, 4) is 28.5 Å². The van der Waals surface area contributed by atoms with Crippen molar-refractivity contribution in [3.63, 3.8) is 0 Å². The highest BCUT2D eigenvalue weighted by molar-refractivity contribution is 6.30. The number of benzene rings is 3. The van der Waals surface area contributed by atoms with Crippen LogP contribution >= 0.6 is 11.6 Å². The molecule has 8 heteroatoms. The van der Waals surface area contributed by atoms with Gasteiger partial charge in [0, 0.05) is 45.4 Å². The van der Waals surface area contributed by atoms with E-state index in [1.165, 1.54) is 0 Å². The van der Waals surface area contributed by atoms with E-state index in [1.807, 2.05) is 78.9 Å². The van der Waals surface area contributed by atoms with Gasteiger partial charge in [0.2, 0.25) is 0 Å². The van der Waals surface area contributed by atoms with Gasteiger partial charge in [-0.1, -0.05) is 48.0 Å². The zero-order chi connectivity index (χ0) is 25.2. The molecule has 3 aromatic carbocycles. The molecule has 1 N–H and O–H groups in total. The average molecular weight is 506 g/mol. The second-order valence-electron chi connectivity index (χ2n) is 8.26. The average Bonchev–Trinajstić information content (AvgIpc) is 2.94. The van der Waals surface area contributed by atoms with Crippen LogP contribution in [0.25, 0.3) is 33.1 Å². The summed E-state index contributed by atoms with van der Waals surface area (Å²) in [5, 5.41) is 15.0. The molecule has 6 rings (SSSR count). The van der Waals surface area contributed by atoms with Crippen molar-refractivity contribution in [2.45, 2.75) is 0 Å². The molecule has 0 spiro atoms. The molecule has 180 valence electrons. The van der Waals surface area contributed by atoms with Gasteiger partial charge in [0.15, 0.2) is 11.6 Å². The SMILES string of the molecule is COc1cnc2c(Oc3ccc(Nc4nnc(-c5cccc(Cl)c5)c5ccccc45)cc3)ccnc2c1. The molecular formula is C29H20ClN5O2. The maximum absolute atomic E-state index is 6.21. The van der Waals surface area contributed by atoms with Gasteiger partial charge in [0.05, 0.1) is 18.8 Å². The van der Waals surface area contributed by atoms with Crippen LogP contribution in [0.3, 0.4) is 0 Å². The van der Waals surface area contributed by atoms with Crippen molar-refractivity contribution in [2.75, 3.05) is 12.4 Å². The van der Waals surface area contributed by atoms with Gasteiger partial charge >= 0.3 is 0 Å². The highest BCUT2D eigenvalue weighted by Gasteiger charge is 2.12. The van der Waals surface area contributed by atoms with Gasteiger partial charge in [-0.15, -0.1) is 10.2 Å². The molecule has 6 aromatic rings. The molecule has 3 aromatic heterocycles. The van der Waals surface area contributed by atoms with Crippen LogP contribution in [0.15, 0.2) is 97.3 Å². The quantitative estimate of drug-likeness (QED) is 0.252. The predicted octanol–water partition coefficient (Wildman–Crippen LogP) is 7.44. The molecule has 7 nitrogen and oxygen atoms in total. The molecule has 0 atom stereocenters. The Balaban J connectivity index is 1.27. The van der Waals surface area contributed by atoms with Gasteiger partial charge in [0.25, 0.3) is 0 Å². The Hall–Kier alpha value is -4.75. The van der Waals surface area contributed by atoms with Gasteiger partial charge in [-0.2, -0.15) is 0 Å². The van der Waals surface area contributed by atoms with E-state index in [1.54, 1.807) is 25.6 Å². The molecule has 3 heterocycles. The van der Waals surface area contributed by atoms with Crippen LogP contribution in [0.1, 0.15) is 0 Å². The van der Waals surface area contributed by atoms with Gasteiger partial charge in [-0.3, -0.25) is 4.98 Å². The Morgan fingerprint density at radius 1 is 0.784 bits per heavy atom. The minimum atomic E-state index is 0.613. The molecule has 0 aliphatic carbocycles. The zero-order valence-corrected chi connectivity index (χ0v) is 20.5. The Kier molecular flexibility index (Phi) is 5.96. The number of pyridine rings is 2. The maximum Gasteiger partial charge on any atom is 0.161 e. The van der Waals surface area contributed by atoms with E-state index >= 15 is 0 Å². The number of methoxy groups -OCH3 is 1. The number of halogens is 1. The first-order valence-electron chi connectivity index (χ1n) is 11.5. The number of rotatable bonds is 6. The van der Waals surface area contributed by atoms with Crippen LogP contribution in [-0.4, -0.2) is 27.3 Å². The Morgan fingerprint density at radius 3 is 2.43 bits per heavy atom. The molecule has 0 radical (unpaired) electrons. The summed E-state index contributed by atoms with van der Waals surface area (Å²) in [7, 11) is 1.60. The van der Waals surface area contributed by atoms with Crippen molar-refractivity contribution in [3.05, 3.63) is 102 Å². The fraction of sp³-hybridized carbons (Fsp3) is 0.0345. The highest BCUT2D eigenvalue weighted by atomic mass is 35.5. The van der Waals surface area contributed by atoms with Gasteiger partial charge < -0.3 is 14.8 Å². The summed E-state index contributed by atoms with van der Waals surface area (Å²) < 4.78 is 11.3. The fourth-order valence-electron chi connectivity index (χ4n) is 4.10. The number of nitrogens with zero attached hydrogens (tertiary/aromatic N) is 4. The minimum absolute atomic E-state index is 0.613. The second-order valence-corrected chi connectivity index (χ2v) is 8.69. The summed E-state index contributed by atoms with van der Waals surface area (Å²) in [6.45, 7) is 0. The third-order valence-electron chi connectivity index (χ3n) is 5.88. The summed E-state index contributed by atoms with van der Waals surface area (Å²) in [6, 6.07) is 26.9. The van der Waals surface area contributed by atoms with Crippen LogP contribution in [0.4, 0.5) is 11.5 Å². The minimum Gasteiger partial charge on any atom is -0.495 e. The molecule has 0 fully saturated rings. The lowest BCUT2D eigenvalue weighted by Crippen LogP contribution is -1.99. The molecule has 0 saturated heterocycles. The number of aromatic nitrogens is 4. The summed E-state index contributed by atoms with van der Waals surface area (Å²) in [4.78, 5) is 8.79. The lowest BCUT2D eigenvalue weighted by atomic mass is 10.0. The predicted molar refractivity (Wildman–Crippen MR) is 146 cm³/mol. The molecule has 0 aliphatic heterocycles. The molecule has 37 heavy (non-hydrogen) atoms. The van der Waals surface area contributed by atoms with Gasteiger partial charge in [0.1, 0.15) is 22.7 Å². The van der Waals surface area contributed by atoms with E-state index < -0.39 is 0 Å². The third-order valence-corrected chi connectivity index (χ3v) is 6.12. The van der Waals surface area contributed by atoms with Crippen LogP contribution in [0.5, 0.6) is 17.2 Å². The van der Waals surface area contributed by atoms with E-state index in [0.717, 1.165) is 27.7 Å². The maximum atomic E-state index is 6.21. The fourth-order valence-corrected chi connectivity index (χ4v) is 4.29. The third kappa shape index (κ3) is 4.60. The second kappa shape index (κ2) is 9.72. The molecule has 0 saturated carbocycles. The topological polar surface area (TPSA) is 82.0 Å². The van der Waals surface area contributed by atoms with E-state index in [2.05, 4.69) is 25.5 Å². The standard InChI is InChI=1S/C29H20ClN5O2/c1-36-22-16-25-28(32-17-22)26(13-14-31-25)37-21-11-9-20(10-12-21)33-29-24-8-3-2-7-23(24)27(34-35-29)18-5-4-6-19(30)15-18/h2-17H,1H3,(H,33,35).